The van der Waals surface area contributed by atoms with Crippen LogP contribution in [0.5, 0.6) is 0 Å². The fourth-order valence-electron chi connectivity index (χ4n) is 4.30. The van der Waals surface area contributed by atoms with Gasteiger partial charge in [0.25, 0.3) is 0 Å². The SMILES string of the molecule is O=C(NC(C(=O)NC1(C(=O)O)CC1)c1cccs1)OCC1c2ccccc2-c2ccccc21. The van der Waals surface area contributed by atoms with E-state index in [0.717, 1.165) is 22.3 Å². The van der Waals surface area contributed by atoms with Crippen LogP contribution in [0.25, 0.3) is 11.1 Å². The molecule has 2 amide bonds. The van der Waals surface area contributed by atoms with Crippen LogP contribution in [0, 0.1) is 0 Å². The first-order valence-corrected chi connectivity index (χ1v) is 11.6. The van der Waals surface area contributed by atoms with E-state index in [1.54, 1.807) is 17.5 Å². The highest BCUT2D eigenvalue weighted by Gasteiger charge is 2.52. The van der Waals surface area contributed by atoms with Crippen molar-refractivity contribution in [3.05, 3.63) is 82.0 Å². The lowest BCUT2D eigenvalue weighted by molar-refractivity contribution is -0.143. The standard InChI is InChI=1S/C25H22N2O5S/c28-22(27-25(11-12-25)23(29)30)21(20-10-5-13-33-20)26-24(31)32-14-19-17-8-3-1-6-15(17)16-7-2-4-9-18(16)19/h1-10,13,19,21H,11-12,14H2,(H,26,31)(H,27,28)(H,29,30). The van der Waals surface area contributed by atoms with Gasteiger partial charge < -0.3 is 20.5 Å². The predicted molar refractivity (Wildman–Crippen MR) is 123 cm³/mol. The lowest BCUT2D eigenvalue weighted by Crippen LogP contribution is -2.48. The maximum absolute atomic E-state index is 12.9. The molecule has 1 atom stereocenters. The summed E-state index contributed by atoms with van der Waals surface area (Å²) >= 11 is 1.30. The number of ether oxygens (including phenoxy) is 1. The minimum absolute atomic E-state index is 0.0982. The number of rotatable bonds is 7. The number of benzene rings is 2. The minimum Gasteiger partial charge on any atom is -0.480 e. The summed E-state index contributed by atoms with van der Waals surface area (Å²) < 4.78 is 5.57. The quantitative estimate of drug-likeness (QED) is 0.491. The van der Waals surface area contributed by atoms with Gasteiger partial charge in [-0.15, -0.1) is 11.3 Å². The van der Waals surface area contributed by atoms with E-state index < -0.39 is 29.6 Å². The molecule has 168 valence electrons. The first-order chi connectivity index (χ1) is 16.0. The fourth-order valence-corrected chi connectivity index (χ4v) is 5.08. The second-order valence-corrected chi connectivity index (χ2v) is 9.27. The summed E-state index contributed by atoms with van der Waals surface area (Å²) in [5.74, 6) is -1.73. The van der Waals surface area contributed by atoms with Gasteiger partial charge in [0.15, 0.2) is 0 Å². The molecule has 1 unspecified atom stereocenters. The van der Waals surface area contributed by atoms with E-state index >= 15 is 0 Å². The van der Waals surface area contributed by atoms with Crippen LogP contribution in [0.4, 0.5) is 4.79 Å². The summed E-state index contributed by atoms with van der Waals surface area (Å²) in [7, 11) is 0. The van der Waals surface area contributed by atoms with Crippen molar-refractivity contribution in [3.63, 3.8) is 0 Å². The highest BCUT2D eigenvalue weighted by Crippen LogP contribution is 2.44. The van der Waals surface area contributed by atoms with Crippen molar-refractivity contribution in [2.75, 3.05) is 6.61 Å². The lowest BCUT2D eigenvalue weighted by Gasteiger charge is -2.21. The highest BCUT2D eigenvalue weighted by atomic mass is 32.1. The average molecular weight is 463 g/mol. The largest absolute Gasteiger partial charge is 0.480 e. The molecule has 33 heavy (non-hydrogen) atoms. The molecule has 0 bridgehead atoms. The van der Waals surface area contributed by atoms with Crippen molar-refractivity contribution in [3.8, 4) is 11.1 Å². The zero-order chi connectivity index (χ0) is 23.0. The molecule has 2 aliphatic rings. The molecule has 7 nitrogen and oxygen atoms in total. The van der Waals surface area contributed by atoms with Gasteiger partial charge in [0.1, 0.15) is 18.2 Å². The molecule has 1 saturated carbocycles. The number of carbonyl (C=O) groups excluding carboxylic acids is 2. The molecule has 2 aromatic carbocycles. The van der Waals surface area contributed by atoms with E-state index in [-0.39, 0.29) is 12.5 Å². The normalized spacial score (nSPS) is 16.2. The predicted octanol–water partition coefficient (Wildman–Crippen LogP) is 4.06. The number of carboxylic acids is 1. The molecule has 8 heteroatoms. The summed E-state index contributed by atoms with van der Waals surface area (Å²) in [5.41, 5.74) is 3.20. The van der Waals surface area contributed by atoms with Gasteiger partial charge in [0.2, 0.25) is 5.91 Å². The number of amides is 2. The Labute approximate surface area is 194 Å². The number of hydrogen-bond acceptors (Lipinski definition) is 5. The fraction of sp³-hybridized carbons (Fsp3) is 0.240. The molecular formula is C25H22N2O5S. The number of carboxylic acid groups (broad SMARTS) is 1. The Morgan fingerprint density at radius 1 is 1.00 bits per heavy atom. The van der Waals surface area contributed by atoms with E-state index in [0.29, 0.717) is 17.7 Å². The van der Waals surface area contributed by atoms with Gasteiger partial charge in [0.05, 0.1) is 0 Å². The first kappa shape index (κ1) is 21.2. The average Bonchev–Trinajstić information content (AvgIpc) is 3.28. The van der Waals surface area contributed by atoms with Gasteiger partial charge in [-0.05, 0) is 46.5 Å². The van der Waals surface area contributed by atoms with Crippen LogP contribution < -0.4 is 10.6 Å². The Morgan fingerprint density at radius 3 is 2.18 bits per heavy atom. The highest BCUT2D eigenvalue weighted by molar-refractivity contribution is 7.10. The minimum atomic E-state index is -1.24. The number of hydrogen-bond donors (Lipinski definition) is 3. The molecule has 3 N–H and O–H groups in total. The van der Waals surface area contributed by atoms with E-state index in [1.165, 1.54) is 11.3 Å². The third kappa shape index (κ3) is 3.98. The number of carbonyl (C=O) groups is 3. The van der Waals surface area contributed by atoms with Crippen molar-refractivity contribution >= 4 is 29.3 Å². The molecule has 3 aromatic rings. The summed E-state index contributed by atoms with van der Waals surface area (Å²) in [6.45, 7) is 0.123. The number of alkyl carbamates (subject to hydrolysis) is 1. The number of fused-ring (bicyclic) bond motifs is 3. The Balaban J connectivity index is 1.29. The van der Waals surface area contributed by atoms with Gasteiger partial charge in [-0.1, -0.05) is 54.6 Å². The summed E-state index contributed by atoms with van der Waals surface area (Å²) in [4.78, 5) is 37.7. The summed E-state index contributed by atoms with van der Waals surface area (Å²) in [6.07, 6.45) is 0.0115. The molecule has 0 aliphatic heterocycles. The molecule has 0 radical (unpaired) electrons. The van der Waals surface area contributed by atoms with Crippen LogP contribution in [-0.4, -0.2) is 35.2 Å². The molecule has 1 aromatic heterocycles. The first-order valence-electron chi connectivity index (χ1n) is 10.7. The maximum Gasteiger partial charge on any atom is 0.408 e. The molecule has 2 aliphatic carbocycles. The van der Waals surface area contributed by atoms with Crippen LogP contribution in [-0.2, 0) is 14.3 Å². The number of aliphatic carboxylic acids is 1. The van der Waals surface area contributed by atoms with Crippen molar-refractivity contribution in [1.82, 2.24) is 10.6 Å². The van der Waals surface area contributed by atoms with Gasteiger partial charge >= 0.3 is 12.1 Å². The van der Waals surface area contributed by atoms with Crippen LogP contribution in [0.2, 0.25) is 0 Å². The smallest absolute Gasteiger partial charge is 0.408 e. The zero-order valence-corrected chi connectivity index (χ0v) is 18.4. The Kier molecular flexibility index (Phi) is 5.38. The van der Waals surface area contributed by atoms with E-state index in [9.17, 15) is 19.5 Å². The maximum atomic E-state index is 12.9. The van der Waals surface area contributed by atoms with Gasteiger partial charge in [-0.3, -0.25) is 4.79 Å². The lowest BCUT2D eigenvalue weighted by atomic mass is 9.98. The van der Waals surface area contributed by atoms with E-state index in [4.69, 9.17) is 4.74 Å². The monoisotopic (exact) mass is 462 g/mol. The molecule has 1 heterocycles. The Morgan fingerprint density at radius 2 is 1.64 bits per heavy atom. The van der Waals surface area contributed by atoms with Gasteiger partial charge in [-0.2, -0.15) is 0 Å². The second kappa shape index (κ2) is 8.37. The third-order valence-corrected chi connectivity index (χ3v) is 7.15. The molecule has 5 rings (SSSR count). The molecule has 1 fully saturated rings. The third-order valence-electron chi connectivity index (χ3n) is 6.22. The Hall–Kier alpha value is -3.65. The van der Waals surface area contributed by atoms with Crippen LogP contribution in [0.1, 0.15) is 40.8 Å². The molecule has 0 spiro atoms. The molecular weight excluding hydrogens is 440 g/mol. The van der Waals surface area contributed by atoms with Crippen molar-refractivity contribution in [1.29, 1.82) is 0 Å². The van der Waals surface area contributed by atoms with Crippen LogP contribution in [0.3, 0.4) is 0 Å². The van der Waals surface area contributed by atoms with E-state index in [1.807, 2.05) is 36.4 Å². The van der Waals surface area contributed by atoms with Crippen LogP contribution >= 0.6 is 11.3 Å². The van der Waals surface area contributed by atoms with Crippen molar-refractivity contribution < 1.29 is 24.2 Å². The number of thiophene rings is 1. The van der Waals surface area contributed by atoms with Gasteiger partial charge in [0, 0.05) is 10.8 Å². The summed E-state index contributed by atoms with van der Waals surface area (Å²) in [6, 6.07) is 18.5. The van der Waals surface area contributed by atoms with Crippen LogP contribution in [0.15, 0.2) is 66.0 Å². The van der Waals surface area contributed by atoms with E-state index in [2.05, 4.69) is 22.8 Å². The van der Waals surface area contributed by atoms with Crippen molar-refractivity contribution in [2.45, 2.75) is 30.3 Å². The summed E-state index contributed by atoms with van der Waals surface area (Å²) in [5, 5.41) is 16.4. The number of nitrogens with one attached hydrogen (secondary N) is 2. The van der Waals surface area contributed by atoms with Gasteiger partial charge in [-0.25, -0.2) is 9.59 Å². The second-order valence-electron chi connectivity index (χ2n) is 8.29. The van der Waals surface area contributed by atoms with Crippen molar-refractivity contribution in [2.24, 2.45) is 0 Å². The Bertz CT molecular complexity index is 1170. The zero-order valence-electron chi connectivity index (χ0n) is 17.6. The molecule has 0 saturated heterocycles. The topological polar surface area (TPSA) is 105 Å².